The minimum absolute atomic E-state index is 0.204. The van der Waals surface area contributed by atoms with E-state index < -0.39 is 18.5 Å². The molecule has 24 heavy (non-hydrogen) atoms. The number of thiocyanates is 1. The number of hydrogen-bond acceptors (Lipinski definition) is 6. The number of benzene rings is 1. The zero-order valence-electron chi connectivity index (χ0n) is 12.1. The predicted octanol–water partition coefficient (Wildman–Crippen LogP) is 2.45. The number of pyridine rings is 1. The van der Waals surface area contributed by atoms with Gasteiger partial charge < -0.3 is 15.3 Å². The molecule has 1 N–H and O–H groups in total. The highest BCUT2D eigenvalue weighted by atomic mass is 79.9. The Balaban J connectivity index is 1.93. The number of nitrogens with one attached hydrogen (secondary N) is 1. The van der Waals surface area contributed by atoms with E-state index in [2.05, 4.69) is 21.2 Å². The Morgan fingerprint density at radius 2 is 2.17 bits per heavy atom. The number of nitriles is 1. The molecule has 1 amide bonds. The lowest BCUT2D eigenvalue weighted by atomic mass is 10.3. The molecule has 1 heterocycles. The fraction of sp³-hybridized carbons (Fsp3) is 0.0667. The maximum atomic E-state index is 11.8. The molecule has 0 aliphatic carbocycles. The number of rotatable bonds is 5. The first-order valence-electron chi connectivity index (χ1n) is 6.52. The Bertz CT molecular complexity index is 823. The lowest BCUT2D eigenvalue weighted by Gasteiger charge is -2.09. The molecule has 0 radical (unpaired) electrons. The minimum atomic E-state index is -0.888. The van der Waals surface area contributed by atoms with Crippen LogP contribution in [0, 0.1) is 15.9 Å². The average molecular weight is 408 g/mol. The van der Waals surface area contributed by atoms with E-state index in [9.17, 15) is 14.8 Å². The van der Waals surface area contributed by atoms with Gasteiger partial charge in [0.05, 0.1) is 5.69 Å². The van der Waals surface area contributed by atoms with Crippen LogP contribution in [0.2, 0.25) is 0 Å². The molecule has 0 spiro atoms. The summed E-state index contributed by atoms with van der Waals surface area (Å²) >= 11 is 4.27. The number of carbonyl (C=O) groups is 2. The Kier molecular flexibility index (Phi) is 6.17. The molecule has 0 bridgehead atoms. The van der Waals surface area contributed by atoms with Gasteiger partial charge in [-0.25, -0.2) is 4.79 Å². The number of esters is 1. The molecule has 0 aliphatic heterocycles. The highest BCUT2D eigenvalue weighted by molar-refractivity contribution is 9.10. The van der Waals surface area contributed by atoms with Crippen LogP contribution < -0.4 is 10.0 Å². The highest BCUT2D eigenvalue weighted by Crippen LogP contribution is 2.28. The van der Waals surface area contributed by atoms with Gasteiger partial charge in [-0.05, 0) is 52.0 Å². The fourth-order valence-electron chi connectivity index (χ4n) is 1.69. The van der Waals surface area contributed by atoms with Crippen LogP contribution in [-0.2, 0) is 9.53 Å². The van der Waals surface area contributed by atoms with Crippen molar-refractivity contribution in [1.82, 2.24) is 0 Å². The van der Waals surface area contributed by atoms with E-state index in [-0.39, 0.29) is 5.69 Å². The van der Waals surface area contributed by atoms with E-state index in [4.69, 9.17) is 10.00 Å². The first-order chi connectivity index (χ1) is 11.5. The van der Waals surface area contributed by atoms with Crippen LogP contribution in [0.4, 0.5) is 5.69 Å². The number of aromatic nitrogens is 1. The fourth-order valence-corrected chi connectivity index (χ4v) is 2.74. The van der Waals surface area contributed by atoms with Crippen LogP contribution in [0.25, 0.3) is 0 Å². The minimum Gasteiger partial charge on any atom is -0.618 e. The third kappa shape index (κ3) is 4.71. The van der Waals surface area contributed by atoms with Gasteiger partial charge in [0.25, 0.3) is 5.91 Å². The topological polar surface area (TPSA) is 106 Å². The maximum Gasteiger partial charge on any atom is 0.405 e. The summed E-state index contributed by atoms with van der Waals surface area (Å²) in [6, 6.07) is 9.26. The quantitative estimate of drug-likeness (QED) is 0.268. The second kappa shape index (κ2) is 8.33. The number of anilines is 1. The van der Waals surface area contributed by atoms with E-state index in [0.29, 0.717) is 14.9 Å². The zero-order chi connectivity index (χ0) is 17.5. The molecule has 7 nitrogen and oxygen atoms in total. The van der Waals surface area contributed by atoms with Crippen LogP contribution in [0.3, 0.4) is 0 Å². The Hall–Kier alpha value is -2.57. The summed E-state index contributed by atoms with van der Waals surface area (Å²) in [7, 11) is 0. The number of nitrogens with zero attached hydrogens (tertiary/aromatic N) is 2. The van der Waals surface area contributed by atoms with Crippen molar-refractivity contribution < 1.29 is 19.1 Å². The summed E-state index contributed by atoms with van der Waals surface area (Å²) in [5.74, 6) is -1.45. The van der Waals surface area contributed by atoms with Gasteiger partial charge in [0.1, 0.15) is 5.40 Å². The van der Waals surface area contributed by atoms with Gasteiger partial charge in [0.2, 0.25) is 0 Å². The Labute approximate surface area is 149 Å². The van der Waals surface area contributed by atoms with Crippen molar-refractivity contribution >= 4 is 45.3 Å². The Morgan fingerprint density at radius 3 is 2.83 bits per heavy atom. The van der Waals surface area contributed by atoms with Gasteiger partial charge in [-0.2, -0.15) is 9.99 Å². The molecular weight excluding hydrogens is 398 g/mol. The number of hydrogen-bond donors (Lipinski definition) is 1. The molecule has 122 valence electrons. The van der Waals surface area contributed by atoms with E-state index in [1.165, 1.54) is 18.2 Å². The first kappa shape index (κ1) is 17.8. The predicted molar refractivity (Wildman–Crippen MR) is 89.9 cm³/mol. The van der Waals surface area contributed by atoms with Crippen LogP contribution >= 0.6 is 27.7 Å². The van der Waals surface area contributed by atoms with E-state index in [1.807, 2.05) is 5.40 Å². The van der Waals surface area contributed by atoms with Crippen LogP contribution in [0.1, 0.15) is 10.5 Å². The van der Waals surface area contributed by atoms with Crippen molar-refractivity contribution in [3.8, 4) is 5.40 Å². The lowest BCUT2D eigenvalue weighted by Crippen LogP contribution is -2.35. The van der Waals surface area contributed by atoms with E-state index in [1.54, 1.807) is 18.2 Å². The Morgan fingerprint density at radius 1 is 1.38 bits per heavy atom. The molecule has 0 saturated heterocycles. The molecule has 1 aromatic heterocycles. The first-order valence-corrected chi connectivity index (χ1v) is 8.13. The van der Waals surface area contributed by atoms with Crippen LogP contribution in [0.15, 0.2) is 52.0 Å². The van der Waals surface area contributed by atoms with E-state index in [0.717, 1.165) is 22.9 Å². The maximum absolute atomic E-state index is 11.8. The number of carbonyl (C=O) groups excluding carboxylic acids is 2. The van der Waals surface area contributed by atoms with Gasteiger partial charge >= 0.3 is 11.7 Å². The molecule has 0 fully saturated rings. The van der Waals surface area contributed by atoms with Crippen molar-refractivity contribution in [2.75, 3.05) is 11.9 Å². The summed E-state index contributed by atoms with van der Waals surface area (Å²) in [5.41, 5.74) is 0.265. The van der Waals surface area contributed by atoms with Gasteiger partial charge in [0.15, 0.2) is 12.8 Å². The summed E-state index contributed by atoms with van der Waals surface area (Å²) < 4.78 is 5.76. The van der Waals surface area contributed by atoms with Crippen LogP contribution in [-0.4, -0.2) is 18.5 Å². The zero-order valence-corrected chi connectivity index (χ0v) is 14.5. The summed E-state index contributed by atoms with van der Waals surface area (Å²) in [6.07, 6.45) is 1.16. The molecule has 0 atom stereocenters. The van der Waals surface area contributed by atoms with Crippen molar-refractivity contribution in [2.24, 2.45) is 0 Å². The summed E-state index contributed by atoms with van der Waals surface area (Å²) in [4.78, 5) is 24.3. The van der Waals surface area contributed by atoms with Crippen molar-refractivity contribution in [3.05, 3.63) is 58.0 Å². The second-order valence-electron chi connectivity index (χ2n) is 4.37. The monoisotopic (exact) mass is 407 g/mol. The summed E-state index contributed by atoms with van der Waals surface area (Å²) in [6.45, 7) is -0.533. The van der Waals surface area contributed by atoms with E-state index >= 15 is 0 Å². The number of thioether (sulfide) groups is 1. The number of halogens is 1. The molecule has 2 aromatic rings. The third-order valence-electron chi connectivity index (χ3n) is 2.75. The second-order valence-corrected chi connectivity index (χ2v) is 6.08. The third-order valence-corrected chi connectivity index (χ3v) is 3.98. The van der Waals surface area contributed by atoms with Gasteiger partial charge in [0, 0.05) is 21.5 Å². The average Bonchev–Trinajstić information content (AvgIpc) is 2.56. The molecular formula is C15H10BrN3O4S. The molecule has 2 rings (SSSR count). The van der Waals surface area contributed by atoms with Crippen molar-refractivity contribution in [3.63, 3.8) is 0 Å². The van der Waals surface area contributed by atoms with Gasteiger partial charge in [-0.15, -0.1) is 0 Å². The SMILES string of the molecule is N#CSc1ccc(NC(=O)COC(=O)c2cccc[n+]2[O-])c(Br)c1. The van der Waals surface area contributed by atoms with Gasteiger partial charge in [-0.3, -0.25) is 4.79 Å². The molecule has 0 saturated carbocycles. The highest BCUT2D eigenvalue weighted by Gasteiger charge is 2.18. The number of ether oxygens (including phenoxy) is 1. The molecule has 1 aromatic carbocycles. The molecule has 0 unspecified atom stereocenters. The molecule has 9 heteroatoms. The normalized spacial score (nSPS) is 9.83. The smallest absolute Gasteiger partial charge is 0.405 e. The molecule has 0 aliphatic rings. The van der Waals surface area contributed by atoms with Gasteiger partial charge in [-0.1, -0.05) is 0 Å². The number of amides is 1. The van der Waals surface area contributed by atoms with Crippen LogP contribution in [0.5, 0.6) is 0 Å². The van der Waals surface area contributed by atoms with Crippen molar-refractivity contribution in [1.29, 1.82) is 5.26 Å². The summed E-state index contributed by atoms with van der Waals surface area (Å²) in [5, 5.41) is 24.5. The lowest BCUT2D eigenvalue weighted by molar-refractivity contribution is -0.608. The standard InChI is InChI=1S/C15H10BrN3O4S/c16-11-7-10(24-9-17)4-5-12(11)18-14(20)8-23-15(21)13-3-1-2-6-19(13)22/h1-7H,8H2,(H,18,20). The largest absolute Gasteiger partial charge is 0.618 e. The van der Waals surface area contributed by atoms with Crippen molar-refractivity contribution in [2.45, 2.75) is 4.90 Å².